The third kappa shape index (κ3) is 2.53. The Bertz CT molecular complexity index is 945. The number of aromatic amines is 1. The second kappa shape index (κ2) is 5.87. The average molecular weight is 339 g/mol. The lowest BCUT2D eigenvalue weighted by molar-refractivity contribution is 0.0999. The fourth-order valence-electron chi connectivity index (χ4n) is 3.18. The molecule has 0 saturated heterocycles. The zero-order valence-corrected chi connectivity index (χ0v) is 14.1. The van der Waals surface area contributed by atoms with Gasteiger partial charge in [0.1, 0.15) is 0 Å². The molecule has 1 aromatic carbocycles. The van der Waals surface area contributed by atoms with Crippen molar-refractivity contribution in [3.8, 4) is 5.88 Å². The minimum atomic E-state index is -0.351. The second-order valence-electron chi connectivity index (χ2n) is 6.09. The molecule has 0 aliphatic heterocycles. The van der Waals surface area contributed by atoms with Crippen molar-refractivity contribution in [2.24, 2.45) is 10.2 Å². The van der Waals surface area contributed by atoms with Gasteiger partial charge in [-0.1, -0.05) is 18.2 Å². The lowest BCUT2D eigenvalue weighted by Gasteiger charge is -2.08. The summed E-state index contributed by atoms with van der Waals surface area (Å²) in [4.78, 5) is 17.1. The number of carbonyl (C=O) groups is 1. The third-order valence-electron chi connectivity index (χ3n) is 4.44. The van der Waals surface area contributed by atoms with Crippen LogP contribution in [0.1, 0.15) is 38.5 Å². The zero-order valence-electron chi connectivity index (χ0n) is 13.3. The predicted molar refractivity (Wildman–Crippen MR) is 94.5 cm³/mol. The maximum atomic E-state index is 12.3. The number of H-pyrrole nitrogens is 1. The van der Waals surface area contributed by atoms with Crippen molar-refractivity contribution in [1.29, 1.82) is 0 Å². The number of hydrogen-bond acceptors (Lipinski definition) is 4. The van der Waals surface area contributed by atoms with E-state index < -0.39 is 0 Å². The fraction of sp³-hybridized carbons (Fsp3) is 0.278. The van der Waals surface area contributed by atoms with Gasteiger partial charge in [-0.25, -0.2) is 0 Å². The van der Waals surface area contributed by atoms with Gasteiger partial charge in [-0.05, 0) is 49.8 Å². The number of hydrogen-bond donors (Lipinski definition) is 2. The smallest absolute Gasteiger partial charge is 0.305 e. The Balaban J connectivity index is 1.65. The van der Waals surface area contributed by atoms with Gasteiger partial charge in [0, 0.05) is 10.3 Å². The fourth-order valence-corrected chi connectivity index (χ4v) is 4.31. The van der Waals surface area contributed by atoms with Crippen LogP contribution in [0.5, 0.6) is 5.88 Å². The highest BCUT2D eigenvalue weighted by atomic mass is 32.1. The number of aromatic nitrogens is 1. The maximum absolute atomic E-state index is 12.3. The summed E-state index contributed by atoms with van der Waals surface area (Å²) in [6.45, 7) is 1.94. The van der Waals surface area contributed by atoms with E-state index in [0.717, 1.165) is 29.3 Å². The van der Waals surface area contributed by atoms with Gasteiger partial charge in [-0.15, -0.1) is 21.6 Å². The quantitative estimate of drug-likeness (QED) is 0.641. The van der Waals surface area contributed by atoms with E-state index in [0.29, 0.717) is 10.6 Å². The first-order valence-corrected chi connectivity index (χ1v) is 8.83. The first-order chi connectivity index (χ1) is 11.6. The summed E-state index contributed by atoms with van der Waals surface area (Å²) in [5.41, 5.74) is 3.39. The molecule has 122 valence electrons. The van der Waals surface area contributed by atoms with Gasteiger partial charge in [-0.3, -0.25) is 4.79 Å². The van der Waals surface area contributed by atoms with Crippen LogP contribution in [-0.4, -0.2) is 16.0 Å². The molecule has 0 fully saturated rings. The molecular weight excluding hydrogens is 322 g/mol. The summed E-state index contributed by atoms with van der Waals surface area (Å²) in [5.74, 6) is -0.419. The highest BCUT2D eigenvalue weighted by Gasteiger charge is 2.18. The molecule has 0 spiro atoms. The van der Waals surface area contributed by atoms with Crippen molar-refractivity contribution in [3.05, 3.63) is 45.1 Å². The number of fused-ring (bicyclic) bond motifs is 2. The molecular formula is C18H17N3O2S. The Hall–Kier alpha value is -2.47. The number of aryl methyl sites for hydroxylation is 3. The van der Waals surface area contributed by atoms with Crippen molar-refractivity contribution in [2.45, 2.75) is 32.6 Å². The molecule has 4 rings (SSSR count). The SMILES string of the molecule is Cc1cccc2c(N=NC(=O)c3cc4c(s3)CCCC4)c(O)[nH]c12. The highest BCUT2D eigenvalue weighted by Crippen LogP contribution is 2.37. The topological polar surface area (TPSA) is 77.8 Å². The van der Waals surface area contributed by atoms with E-state index in [1.165, 1.54) is 34.6 Å². The molecule has 3 aromatic rings. The highest BCUT2D eigenvalue weighted by molar-refractivity contribution is 7.14. The van der Waals surface area contributed by atoms with Crippen LogP contribution in [-0.2, 0) is 12.8 Å². The number of rotatable bonds is 2. The van der Waals surface area contributed by atoms with Crippen LogP contribution in [0.2, 0.25) is 0 Å². The molecule has 0 unspecified atom stereocenters. The van der Waals surface area contributed by atoms with E-state index in [1.807, 2.05) is 31.2 Å². The number of carbonyl (C=O) groups excluding carboxylic acids is 1. The number of nitrogens with zero attached hydrogens (tertiary/aromatic N) is 2. The number of benzene rings is 1. The van der Waals surface area contributed by atoms with Gasteiger partial charge in [0.15, 0.2) is 5.69 Å². The van der Waals surface area contributed by atoms with Gasteiger partial charge in [0.25, 0.3) is 0 Å². The summed E-state index contributed by atoms with van der Waals surface area (Å²) in [6, 6.07) is 7.63. The number of azo groups is 1. The maximum Gasteiger partial charge on any atom is 0.305 e. The normalized spacial score (nSPS) is 14.4. The van der Waals surface area contributed by atoms with Crippen molar-refractivity contribution in [2.75, 3.05) is 0 Å². The van der Waals surface area contributed by atoms with E-state index in [4.69, 9.17) is 0 Å². The van der Waals surface area contributed by atoms with Crippen LogP contribution in [0.25, 0.3) is 10.9 Å². The molecule has 1 amide bonds. The van der Waals surface area contributed by atoms with Crippen molar-refractivity contribution < 1.29 is 9.90 Å². The standard InChI is InChI=1S/C18H17N3O2S/c1-10-5-4-7-12-15(10)19-18(23)16(12)20-21-17(22)14-9-11-6-2-3-8-13(11)24-14/h4-5,7,9,19,23H,2-3,6,8H2,1H3. The van der Waals surface area contributed by atoms with E-state index in [2.05, 4.69) is 15.2 Å². The predicted octanol–water partition coefficient (Wildman–Crippen LogP) is 5.05. The van der Waals surface area contributed by atoms with Crippen LogP contribution in [0.15, 0.2) is 34.5 Å². The van der Waals surface area contributed by atoms with Crippen LogP contribution in [0.4, 0.5) is 5.69 Å². The lowest BCUT2D eigenvalue weighted by Crippen LogP contribution is -1.96. The molecule has 24 heavy (non-hydrogen) atoms. The van der Waals surface area contributed by atoms with Crippen LogP contribution >= 0.6 is 11.3 Å². The Labute approximate surface area is 143 Å². The van der Waals surface area contributed by atoms with Crippen LogP contribution < -0.4 is 0 Å². The Kier molecular flexibility index (Phi) is 3.69. The van der Waals surface area contributed by atoms with Gasteiger partial charge < -0.3 is 10.1 Å². The van der Waals surface area contributed by atoms with Crippen molar-refractivity contribution in [1.82, 2.24) is 4.98 Å². The molecule has 0 atom stereocenters. The number of para-hydroxylation sites is 1. The average Bonchev–Trinajstić information content (AvgIpc) is 3.14. The lowest BCUT2D eigenvalue weighted by atomic mass is 9.99. The van der Waals surface area contributed by atoms with Crippen molar-refractivity contribution in [3.63, 3.8) is 0 Å². The Morgan fingerprint density at radius 1 is 1.29 bits per heavy atom. The van der Waals surface area contributed by atoms with Gasteiger partial charge in [0.2, 0.25) is 5.88 Å². The molecule has 0 saturated carbocycles. The van der Waals surface area contributed by atoms with Crippen LogP contribution in [0, 0.1) is 6.92 Å². The first-order valence-electron chi connectivity index (χ1n) is 8.01. The first kappa shape index (κ1) is 15.1. The number of amides is 1. The molecule has 0 radical (unpaired) electrons. The van der Waals surface area contributed by atoms with Gasteiger partial charge in [0.05, 0.1) is 10.4 Å². The molecule has 6 heteroatoms. The number of thiophene rings is 1. The molecule has 2 heterocycles. The number of nitrogens with one attached hydrogen (secondary N) is 1. The summed E-state index contributed by atoms with van der Waals surface area (Å²) >= 11 is 1.52. The molecule has 1 aliphatic carbocycles. The van der Waals surface area contributed by atoms with Gasteiger partial charge in [-0.2, -0.15) is 0 Å². The summed E-state index contributed by atoms with van der Waals surface area (Å²) < 4.78 is 0. The molecule has 5 nitrogen and oxygen atoms in total. The van der Waals surface area contributed by atoms with Gasteiger partial charge >= 0.3 is 5.91 Å². The van der Waals surface area contributed by atoms with Crippen molar-refractivity contribution >= 4 is 33.8 Å². The summed E-state index contributed by atoms with van der Waals surface area (Å²) in [5, 5.41) is 18.7. The molecule has 2 N–H and O–H groups in total. The van der Waals surface area contributed by atoms with E-state index in [1.54, 1.807) is 0 Å². The van der Waals surface area contributed by atoms with Crippen LogP contribution in [0.3, 0.4) is 0 Å². The zero-order chi connectivity index (χ0) is 16.7. The van der Waals surface area contributed by atoms with E-state index in [-0.39, 0.29) is 11.8 Å². The minimum Gasteiger partial charge on any atom is -0.493 e. The summed E-state index contributed by atoms with van der Waals surface area (Å²) in [6.07, 6.45) is 4.46. The number of aromatic hydroxyl groups is 1. The van der Waals surface area contributed by atoms with E-state index >= 15 is 0 Å². The minimum absolute atomic E-state index is 0.0682. The molecule has 2 aromatic heterocycles. The Morgan fingerprint density at radius 3 is 2.96 bits per heavy atom. The Morgan fingerprint density at radius 2 is 2.12 bits per heavy atom. The molecule has 1 aliphatic rings. The summed E-state index contributed by atoms with van der Waals surface area (Å²) in [7, 11) is 0. The molecule has 0 bridgehead atoms. The third-order valence-corrected chi connectivity index (χ3v) is 5.67. The second-order valence-corrected chi connectivity index (χ2v) is 7.23. The largest absolute Gasteiger partial charge is 0.493 e. The monoisotopic (exact) mass is 339 g/mol. The van der Waals surface area contributed by atoms with E-state index in [9.17, 15) is 9.90 Å².